The first-order valence-corrected chi connectivity index (χ1v) is 8.42. The normalized spacial score (nSPS) is 16.2. The van der Waals surface area contributed by atoms with Gasteiger partial charge in [-0.05, 0) is 30.5 Å². The molecule has 1 fully saturated rings. The van der Waals surface area contributed by atoms with Crippen LogP contribution in [0.4, 0.5) is 4.79 Å². The summed E-state index contributed by atoms with van der Waals surface area (Å²) in [6, 6.07) is 5.14. The minimum atomic E-state index is -1.13. The molecule has 1 atom stereocenters. The van der Waals surface area contributed by atoms with Gasteiger partial charge >= 0.3 is 12.0 Å². The number of nitrogens with zero attached hydrogens (tertiary/aromatic N) is 2. The van der Waals surface area contributed by atoms with Gasteiger partial charge in [0.15, 0.2) is 6.04 Å². The lowest BCUT2D eigenvalue weighted by Gasteiger charge is -2.33. The number of benzene rings is 1. The first kappa shape index (κ1) is 19.1. The molecule has 1 unspecified atom stereocenters. The van der Waals surface area contributed by atoms with Crippen molar-refractivity contribution in [3.05, 3.63) is 34.9 Å². The highest BCUT2D eigenvalue weighted by Gasteiger charge is 2.31. The van der Waals surface area contributed by atoms with Gasteiger partial charge in [0.2, 0.25) is 5.91 Å². The van der Waals surface area contributed by atoms with E-state index < -0.39 is 12.0 Å². The molecular weight excluding hydrogens is 346 g/mol. The minimum Gasteiger partial charge on any atom is -0.479 e. The smallest absolute Gasteiger partial charge is 0.330 e. The number of likely N-dealkylation sites (tertiary alicyclic amines) is 1. The summed E-state index contributed by atoms with van der Waals surface area (Å²) in [4.78, 5) is 39.1. The number of carboxylic acids is 1. The Hall–Kier alpha value is -2.28. The number of halogens is 1. The van der Waals surface area contributed by atoms with Crippen LogP contribution >= 0.6 is 11.6 Å². The first-order chi connectivity index (χ1) is 11.8. The lowest BCUT2D eigenvalue weighted by Crippen LogP contribution is -2.47. The number of nitrogens with one attached hydrogen (secondary N) is 1. The highest BCUT2D eigenvalue weighted by Crippen LogP contribution is 2.21. The minimum absolute atomic E-state index is 0.0802. The number of hydrogen-bond acceptors (Lipinski definition) is 3. The molecule has 1 aliphatic heterocycles. The molecule has 136 valence electrons. The van der Waals surface area contributed by atoms with E-state index in [0.717, 1.165) is 0 Å². The van der Waals surface area contributed by atoms with Crippen molar-refractivity contribution in [2.75, 3.05) is 27.2 Å². The Morgan fingerprint density at radius 2 is 1.76 bits per heavy atom. The lowest BCUT2D eigenvalue weighted by molar-refractivity contribution is -0.143. The summed E-state index contributed by atoms with van der Waals surface area (Å²) < 4.78 is 0. The molecule has 0 aromatic heterocycles. The Kier molecular flexibility index (Phi) is 6.25. The Labute approximate surface area is 151 Å². The van der Waals surface area contributed by atoms with Gasteiger partial charge in [0.25, 0.3) is 0 Å². The molecule has 0 bridgehead atoms. The zero-order chi connectivity index (χ0) is 18.6. The SMILES string of the molecule is CN(C)C(=O)N1CCC(C(=O)NC(C(=O)O)c2ccc(Cl)cc2)CC1. The van der Waals surface area contributed by atoms with Gasteiger partial charge in [-0.15, -0.1) is 0 Å². The molecule has 0 saturated carbocycles. The quantitative estimate of drug-likeness (QED) is 0.851. The summed E-state index contributed by atoms with van der Waals surface area (Å²) in [7, 11) is 3.37. The predicted molar refractivity (Wildman–Crippen MR) is 93.4 cm³/mol. The summed E-state index contributed by atoms with van der Waals surface area (Å²) >= 11 is 5.81. The van der Waals surface area contributed by atoms with E-state index in [0.29, 0.717) is 36.5 Å². The Morgan fingerprint density at radius 1 is 1.20 bits per heavy atom. The van der Waals surface area contributed by atoms with Gasteiger partial charge in [-0.25, -0.2) is 9.59 Å². The highest BCUT2D eigenvalue weighted by atomic mass is 35.5. The zero-order valence-electron chi connectivity index (χ0n) is 14.2. The first-order valence-electron chi connectivity index (χ1n) is 8.04. The highest BCUT2D eigenvalue weighted by molar-refractivity contribution is 6.30. The van der Waals surface area contributed by atoms with Crippen LogP contribution < -0.4 is 5.32 Å². The van der Waals surface area contributed by atoms with Gasteiger partial charge in [-0.1, -0.05) is 23.7 Å². The van der Waals surface area contributed by atoms with E-state index in [4.69, 9.17) is 11.6 Å². The van der Waals surface area contributed by atoms with E-state index in [-0.39, 0.29) is 17.9 Å². The van der Waals surface area contributed by atoms with Crippen LogP contribution in [-0.2, 0) is 9.59 Å². The Balaban J connectivity index is 1.97. The molecular formula is C17H22ClN3O4. The molecule has 1 aromatic rings. The third kappa shape index (κ3) is 4.85. The van der Waals surface area contributed by atoms with Crippen molar-refractivity contribution in [2.24, 2.45) is 5.92 Å². The van der Waals surface area contributed by atoms with Gasteiger partial charge in [0.1, 0.15) is 0 Å². The molecule has 2 rings (SSSR count). The van der Waals surface area contributed by atoms with Crippen LogP contribution in [0.1, 0.15) is 24.4 Å². The fourth-order valence-electron chi connectivity index (χ4n) is 2.82. The van der Waals surface area contributed by atoms with Crippen LogP contribution in [0, 0.1) is 5.92 Å². The van der Waals surface area contributed by atoms with E-state index >= 15 is 0 Å². The number of aliphatic carboxylic acids is 1. The van der Waals surface area contributed by atoms with Crippen molar-refractivity contribution in [3.8, 4) is 0 Å². The van der Waals surface area contributed by atoms with Crippen LogP contribution in [0.25, 0.3) is 0 Å². The van der Waals surface area contributed by atoms with Crippen molar-refractivity contribution in [2.45, 2.75) is 18.9 Å². The maximum Gasteiger partial charge on any atom is 0.330 e. The van der Waals surface area contributed by atoms with Gasteiger partial charge in [0, 0.05) is 38.1 Å². The lowest BCUT2D eigenvalue weighted by atomic mass is 9.95. The molecule has 0 radical (unpaired) electrons. The largest absolute Gasteiger partial charge is 0.479 e. The third-order valence-electron chi connectivity index (χ3n) is 4.26. The second kappa shape index (κ2) is 8.20. The molecule has 1 aromatic carbocycles. The van der Waals surface area contributed by atoms with E-state index in [1.54, 1.807) is 43.3 Å². The molecule has 1 aliphatic rings. The number of piperidine rings is 1. The number of carbonyl (C=O) groups excluding carboxylic acids is 2. The van der Waals surface area contributed by atoms with E-state index in [1.165, 1.54) is 4.90 Å². The fraction of sp³-hybridized carbons (Fsp3) is 0.471. The molecule has 3 amide bonds. The van der Waals surface area contributed by atoms with E-state index in [2.05, 4.69) is 5.32 Å². The number of carbonyl (C=O) groups is 3. The van der Waals surface area contributed by atoms with Crippen molar-refractivity contribution in [1.82, 2.24) is 15.1 Å². The van der Waals surface area contributed by atoms with Gasteiger partial charge < -0.3 is 20.2 Å². The molecule has 1 heterocycles. The van der Waals surface area contributed by atoms with Gasteiger partial charge in [-0.3, -0.25) is 4.79 Å². The van der Waals surface area contributed by atoms with Gasteiger partial charge in [0.05, 0.1) is 0 Å². The number of amides is 3. The summed E-state index contributed by atoms with van der Waals surface area (Å²) in [5.41, 5.74) is 0.463. The third-order valence-corrected chi connectivity index (χ3v) is 4.51. The van der Waals surface area contributed by atoms with E-state index in [9.17, 15) is 19.5 Å². The van der Waals surface area contributed by atoms with Crippen LogP contribution in [0.15, 0.2) is 24.3 Å². The van der Waals surface area contributed by atoms with Crippen molar-refractivity contribution < 1.29 is 19.5 Å². The van der Waals surface area contributed by atoms with Crippen molar-refractivity contribution in [1.29, 1.82) is 0 Å². The van der Waals surface area contributed by atoms with Crippen LogP contribution in [0.5, 0.6) is 0 Å². The van der Waals surface area contributed by atoms with Crippen LogP contribution in [-0.4, -0.2) is 60.0 Å². The second-order valence-electron chi connectivity index (χ2n) is 6.27. The monoisotopic (exact) mass is 367 g/mol. The summed E-state index contributed by atoms with van der Waals surface area (Å²) in [5, 5.41) is 12.5. The molecule has 1 saturated heterocycles. The second-order valence-corrected chi connectivity index (χ2v) is 6.71. The summed E-state index contributed by atoms with van der Waals surface area (Å²) in [5.74, 6) is -1.74. The number of rotatable bonds is 4. The maximum atomic E-state index is 12.4. The molecule has 25 heavy (non-hydrogen) atoms. The topological polar surface area (TPSA) is 90.0 Å². The molecule has 7 nitrogen and oxygen atoms in total. The van der Waals surface area contributed by atoms with E-state index in [1.807, 2.05) is 0 Å². The molecule has 8 heteroatoms. The van der Waals surface area contributed by atoms with Crippen LogP contribution in [0.2, 0.25) is 5.02 Å². The number of carboxylic acid groups (broad SMARTS) is 1. The maximum absolute atomic E-state index is 12.4. The average molecular weight is 368 g/mol. The molecule has 2 N–H and O–H groups in total. The zero-order valence-corrected chi connectivity index (χ0v) is 15.0. The van der Waals surface area contributed by atoms with Gasteiger partial charge in [-0.2, -0.15) is 0 Å². The van der Waals surface area contributed by atoms with Crippen molar-refractivity contribution in [3.63, 3.8) is 0 Å². The predicted octanol–water partition coefficient (Wildman–Crippen LogP) is 1.98. The number of hydrogen-bond donors (Lipinski definition) is 2. The Morgan fingerprint density at radius 3 is 2.24 bits per heavy atom. The average Bonchev–Trinajstić information content (AvgIpc) is 2.59. The fourth-order valence-corrected chi connectivity index (χ4v) is 2.94. The van der Waals surface area contributed by atoms with Crippen LogP contribution in [0.3, 0.4) is 0 Å². The Bertz CT molecular complexity index is 640. The standard InChI is InChI=1S/C17H22ClN3O4/c1-20(2)17(25)21-9-7-12(8-10-21)15(22)19-14(16(23)24)11-3-5-13(18)6-4-11/h3-6,12,14H,7-10H2,1-2H3,(H,19,22)(H,23,24). The summed E-state index contributed by atoms with van der Waals surface area (Å²) in [6.07, 6.45) is 1.02. The summed E-state index contributed by atoms with van der Waals surface area (Å²) in [6.45, 7) is 0.960. The van der Waals surface area contributed by atoms with Crippen molar-refractivity contribution >= 4 is 29.5 Å². The molecule has 0 spiro atoms. The number of urea groups is 1. The molecule has 0 aliphatic carbocycles.